The van der Waals surface area contributed by atoms with Crippen molar-refractivity contribution in [3.05, 3.63) is 0 Å². The van der Waals surface area contributed by atoms with Crippen molar-refractivity contribution in [2.24, 2.45) is 0 Å². The third-order valence-electron chi connectivity index (χ3n) is 3.53. The highest BCUT2D eigenvalue weighted by atomic mass is 16.2. The third kappa shape index (κ3) is 9.32. The largest absolute Gasteiger partial charge is 0.343 e. The van der Waals surface area contributed by atoms with E-state index in [-0.39, 0.29) is 11.4 Å². The van der Waals surface area contributed by atoms with Crippen molar-refractivity contribution in [2.45, 2.75) is 59.9 Å². The van der Waals surface area contributed by atoms with Crippen molar-refractivity contribution < 1.29 is 4.79 Å². The molecule has 1 amide bonds. The Labute approximate surface area is 125 Å². The van der Waals surface area contributed by atoms with Crippen LogP contribution in [0.2, 0.25) is 0 Å². The number of nitrogens with one attached hydrogen (secondary N) is 1. The van der Waals surface area contributed by atoms with Gasteiger partial charge < -0.3 is 15.1 Å². The van der Waals surface area contributed by atoms with E-state index in [1.807, 2.05) is 4.90 Å². The van der Waals surface area contributed by atoms with Crippen LogP contribution in [0, 0.1) is 0 Å². The summed E-state index contributed by atoms with van der Waals surface area (Å²) in [5.41, 5.74) is 0.0834. The minimum atomic E-state index is 0.0834. The number of hydrogen-bond acceptors (Lipinski definition) is 3. The fourth-order valence-corrected chi connectivity index (χ4v) is 2.19. The van der Waals surface area contributed by atoms with Gasteiger partial charge >= 0.3 is 0 Å². The molecule has 0 aliphatic carbocycles. The number of nitrogens with zero attached hydrogens (tertiary/aromatic N) is 2. The summed E-state index contributed by atoms with van der Waals surface area (Å²) in [7, 11) is 0. The van der Waals surface area contributed by atoms with E-state index in [2.05, 4.69) is 51.8 Å². The van der Waals surface area contributed by atoms with Gasteiger partial charge in [0.15, 0.2) is 0 Å². The summed E-state index contributed by atoms with van der Waals surface area (Å²) in [4.78, 5) is 16.5. The first-order valence-corrected chi connectivity index (χ1v) is 8.09. The average molecular weight is 285 g/mol. The topological polar surface area (TPSA) is 35.6 Å². The van der Waals surface area contributed by atoms with Crippen LogP contribution in [-0.4, -0.2) is 60.5 Å². The molecule has 0 rings (SSSR count). The maximum absolute atomic E-state index is 12.1. The van der Waals surface area contributed by atoms with Gasteiger partial charge in [0, 0.05) is 31.6 Å². The van der Waals surface area contributed by atoms with Crippen LogP contribution in [0.3, 0.4) is 0 Å². The predicted molar refractivity (Wildman–Crippen MR) is 87.0 cm³/mol. The fourth-order valence-electron chi connectivity index (χ4n) is 2.19. The second-order valence-electron chi connectivity index (χ2n) is 6.28. The summed E-state index contributed by atoms with van der Waals surface area (Å²) in [6, 6.07) is 0. The lowest BCUT2D eigenvalue weighted by atomic mass is 10.1. The second kappa shape index (κ2) is 10.2. The molecule has 0 aromatic carbocycles. The molecule has 0 saturated heterocycles. The van der Waals surface area contributed by atoms with Crippen LogP contribution < -0.4 is 5.32 Å². The first-order chi connectivity index (χ1) is 9.34. The summed E-state index contributed by atoms with van der Waals surface area (Å²) in [5, 5.41) is 3.37. The maximum Gasteiger partial charge on any atom is 0.223 e. The zero-order chi connectivity index (χ0) is 15.6. The van der Waals surface area contributed by atoms with Crippen LogP contribution >= 0.6 is 0 Å². The first-order valence-electron chi connectivity index (χ1n) is 8.09. The number of carbonyl (C=O) groups is 1. The highest BCUT2D eigenvalue weighted by Gasteiger charge is 2.14. The average Bonchev–Trinajstić information content (AvgIpc) is 2.37. The molecule has 0 heterocycles. The molecule has 0 aromatic heterocycles. The summed E-state index contributed by atoms with van der Waals surface area (Å²) < 4.78 is 0. The molecule has 4 nitrogen and oxygen atoms in total. The van der Waals surface area contributed by atoms with Gasteiger partial charge in [-0.05, 0) is 53.8 Å². The van der Waals surface area contributed by atoms with Crippen LogP contribution in [0.25, 0.3) is 0 Å². The SMILES string of the molecule is CCN(CC)CCCN(CC)C(=O)CCNC(C)(C)C. The van der Waals surface area contributed by atoms with Crippen molar-refractivity contribution in [3.63, 3.8) is 0 Å². The van der Waals surface area contributed by atoms with E-state index in [0.717, 1.165) is 45.7 Å². The quantitative estimate of drug-likeness (QED) is 0.669. The molecule has 0 fully saturated rings. The summed E-state index contributed by atoms with van der Waals surface area (Å²) in [5.74, 6) is 0.267. The Bertz CT molecular complexity index is 257. The molecule has 0 spiro atoms. The van der Waals surface area contributed by atoms with Gasteiger partial charge in [-0.15, -0.1) is 0 Å². The van der Waals surface area contributed by atoms with Crippen LogP contribution in [0.15, 0.2) is 0 Å². The number of amides is 1. The van der Waals surface area contributed by atoms with Gasteiger partial charge in [0.05, 0.1) is 0 Å². The maximum atomic E-state index is 12.1. The molecule has 0 atom stereocenters. The lowest BCUT2D eigenvalue weighted by molar-refractivity contribution is -0.131. The Balaban J connectivity index is 3.97. The van der Waals surface area contributed by atoms with Gasteiger partial charge in [0.2, 0.25) is 5.91 Å². The minimum Gasteiger partial charge on any atom is -0.343 e. The second-order valence-corrected chi connectivity index (χ2v) is 6.28. The molecular formula is C16H35N3O. The molecule has 0 radical (unpaired) electrons. The van der Waals surface area contributed by atoms with Crippen LogP contribution in [0.4, 0.5) is 0 Å². The Kier molecular flexibility index (Phi) is 9.86. The summed E-state index contributed by atoms with van der Waals surface area (Å²) in [6.07, 6.45) is 1.66. The van der Waals surface area contributed by atoms with Crippen molar-refractivity contribution in [1.29, 1.82) is 0 Å². The molecule has 4 heteroatoms. The summed E-state index contributed by atoms with van der Waals surface area (Å²) in [6.45, 7) is 18.5. The summed E-state index contributed by atoms with van der Waals surface area (Å²) >= 11 is 0. The Hall–Kier alpha value is -0.610. The highest BCUT2D eigenvalue weighted by Crippen LogP contribution is 2.01. The van der Waals surface area contributed by atoms with Gasteiger partial charge in [0.25, 0.3) is 0 Å². The van der Waals surface area contributed by atoms with Gasteiger partial charge in [-0.25, -0.2) is 0 Å². The molecule has 20 heavy (non-hydrogen) atoms. The van der Waals surface area contributed by atoms with E-state index >= 15 is 0 Å². The molecule has 1 N–H and O–H groups in total. The van der Waals surface area contributed by atoms with Gasteiger partial charge in [-0.2, -0.15) is 0 Å². The first kappa shape index (κ1) is 19.4. The Morgan fingerprint density at radius 1 is 1.00 bits per heavy atom. The molecule has 0 saturated carbocycles. The van der Waals surface area contributed by atoms with Crippen molar-refractivity contribution in [3.8, 4) is 0 Å². The molecule has 120 valence electrons. The van der Waals surface area contributed by atoms with Crippen LogP contribution in [0.5, 0.6) is 0 Å². The van der Waals surface area contributed by atoms with E-state index in [1.165, 1.54) is 0 Å². The number of hydrogen-bond donors (Lipinski definition) is 1. The van der Waals surface area contributed by atoms with Gasteiger partial charge in [0.1, 0.15) is 0 Å². The minimum absolute atomic E-state index is 0.0834. The predicted octanol–water partition coefficient (Wildman–Crippen LogP) is 2.34. The van der Waals surface area contributed by atoms with Crippen molar-refractivity contribution in [2.75, 3.05) is 39.3 Å². The van der Waals surface area contributed by atoms with E-state index in [1.54, 1.807) is 0 Å². The van der Waals surface area contributed by atoms with E-state index in [0.29, 0.717) is 6.42 Å². The molecule has 0 unspecified atom stereocenters. The van der Waals surface area contributed by atoms with Crippen LogP contribution in [0.1, 0.15) is 54.4 Å². The standard InChI is InChI=1S/C16H35N3O/c1-7-18(8-2)13-10-14-19(9-3)15(20)11-12-17-16(4,5)6/h17H,7-14H2,1-6H3. The molecule has 0 aliphatic heterocycles. The van der Waals surface area contributed by atoms with Crippen molar-refractivity contribution in [1.82, 2.24) is 15.1 Å². The zero-order valence-corrected chi connectivity index (χ0v) is 14.5. The molecule has 0 aliphatic rings. The lowest BCUT2D eigenvalue weighted by Gasteiger charge is -2.25. The normalized spacial score (nSPS) is 11.9. The van der Waals surface area contributed by atoms with Crippen molar-refractivity contribution >= 4 is 5.91 Å². The highest BCUT2D eigenvalue weighted by molar-refractivity contribution is 5.76. The third-order valence-corrected chi connectivity index (χ3v) is 3.53. The van der Waals surface area contributed by atoms with Gasteiger partial charge in [-0.3, -0.25) is 4.79 Å². The molecule has 0 aromatic rings. The Morgan fingerprint density at radius 2 is 1.60 bits per heavy atom. The van der Waals surface area contributed by atoms with Gasteiger partial charge in [-0.1, -0.05) is 13.8 Å². The van der Waals surface area contributed by atoms with E-state index < -0.39 is 0 Å². The number of carbonyl (C=O) groups excluding carboxylic acids is 1. The van der Waals surface area contributed by atoms with E-state index in [4.69, 9.17) is 0 Å². The van der Waals surface area contributed by atoms with E-state index in [9.17, 15) is 4.79 Å². The molecule has 0 bridgehead atoms. The molecular weight excluding hydrogens is 250 g/mol. The number of rotatable bonds is 10. The lowest BCUT2D eigenvalue weighted by Crippen LogP contribution is -2.40. The zero-order valence-electron chi connectivity index (χ0n) is 14.5. The smallest absolute Gasteiger partial charge is 0.223 e. The fraction of sp³-hybridized carbons (Fsp3) is 0.938. The monoisotopic (exact) mass is 285 g/mol. The van der Waals surface area contributed by atoms with Crippen LogP contribution in [-0.2, 0) is 4.79 Å². The Morgan fingerprint density at radius 3 is 2.05 bits per heavy atom.